The summed E-state index contributed by atoms with van der Waals surface area (Å²) >= 11 is 3.31. The highest BCUT2D eigenvalue weighted by molar-refractivity contribution is 9.10. The van der Waals surface area contributed by atoms with Gasteiger partial charge in [-0.25, -0.2) is 4.39 Å². The van der Waals surface area contributed by atoms with Gasteiger partial charge in [0.1, 0.15) is 5.82 Å². The lowest BCUT2D eigenvalue weighted by atomic mass is 10.0. The first-order chi connectivity index (χ1) is 7.60. The summed E-state index contributed by atoms with van der Waals surface area (Å²) in [5.41, 5.74) is 3.08. The van der Waals surface area contributed by atoms with Crippen molar-refractivity contribution < 1.29 is 9.13 Å². The van der Waals surface area contributed by atoms with E-state index in [1.807, 2.05) is 13.8 Å². The zero-order chi connectivity index (χ0) is 12.1. The molecule has 0 aromatic heterocycles. The number of nitrogens with one attached hydrogen (secondary N) is 1. The fourth-order valence-corrected chi connectivity index (χ4v) is 1.97. The van der Waals surface area contributed by atoms with Crippen molar-refractivity contribution in [3.63, 3.8) is 0 Å². The van der Waals surface area contributed by atoms with Crippen LogP contribution in [0.2, 0.25) is 0 Å². The highest BCUT2D eigenvalue weighted by atomic mass is 79.9. The van der Waals surface area contributed by atoms with Crippen LogP contribution in [0.3, 0.4) is 0 Å². The van der Waals surface area contributed by atoms with E-state index in [-0.39, 0.29) is 18.0 Å². The van der Waals surface area contributed by atoms with Crippen molar-refractivity contribution in [3.8, 4) is 0 Å². The molecule has 0 fully saturated rings. The summed E-state index contributed by atoms with van der Waals surface area (Å²) in [6, 6.07) is 4.40. The second-order valence-corrected chi connectivity index (χ2v) is 4.39. The van der Waals surface area contributed by atoms with Gasteiger partial charge in [0.2, 0.25) is 0 Å². The lowest BCUT2D eigenvalue weighted by molar-refractivity contribution is 0.0463. The molecule has 5 heteroatoms. The molecule has 3 N–H and O–H groups in total. The summed E-state index contributed by atoms with van der Waals surface area (Å²) in [6.07, 6.45) is -0.196. The Hall–Kier alpha value is -0.490. The van der Waals surface area contributed by atoms with Crippen LogP contribution >= 0.6 is 15.9 Å². The lowest BCUT2D eigenvalue weighted by Crippen LogP contribution is -2.37. The summed E-state index contributed by atoms with van der Waals surface area (Å²) in [5, 5.41) is 0. The number of hydrogen-bond acceptors (Lipinski definition) is 3. The molecule has 1 aromatic rings. The number of halogens is 2. The molecule has 0 saturated heterocycles. The molecule has 0 amide bonds. The van der Waals surface area contributed by atoms with Gasteiger partial charge in [0.25, 0.3) is 0 Å². The van der Waals surface area contributed by atoms with Gasteiger partial charge in [0.15, 0.2) is 0 Å². The molecule has 3 nitrogen and oxygen atoms in total. The maximum atomic E-state index is 13.6. The first-order valence-electron chi connectivity index (χ1n) is 5.12. The van der Waals surface area contributed by atoms with E-state index in [1.54, 1.807) is 12.1 Å². The molecular weight excluding hydrogens is 275 g/mol. The van der Waals surface area contributed by atoms with E-state index in [1.165, 1.54) is 6.07 Å². The minimum atomic E-state index is -0.363. The van der Waals surface area contributed by atoms with Crippen molar-refractivity contribution in [2.75, 3.05) is 6.61 Å². The predicted molar refractivity (Wildman–Crippen MR) is 65.3 cm³/mol. The predicted octanol–water partition coefficient (Wildman–Crippen LogP) is 2.52. The van der Waals surface area contributed by atoms with Crippen LogP contribution in [0, 0.1) is 5.82 Å². The number of rotatable bonds is 5. The van der Waals surface area contributed by atoms with Gasteiger partial charge in [-0.05, 0) is 32.0 Å². The largest absolute Gasteiger partial charge is 0.377 e. The third-order valence-electron chi connectivity index (χ3n) is 2.37. The molecule has 0 bridgehead atoms. The zero-order valence-electron chi connectivity index (χ0n) is 9.34. The Morgan fingerprint density at radius 2 is 2.25 bits per heavy atom. The second-order valence-electron chi connectivity index (χ2n) is 3.47. The van der Waals surface area contributed by atoms with Crippen LogP contribution in [0.1, 0.15) is 25.5 Å². The monoisotopic (exact) mass is 290 g/mol. The van der Waals surface area contributed by atoms with Crippen LogP contribution in [0.25, 0.3) is 0 Å². The van der Waals surface area contributed by atoms with Gasteiger partial charge >= 0.3 is 0 Å². The number of benzene rings is 1. The van der Waals surface area contributed by atoms with E-state index in [9.17, 15) is 4.39 Å². The van der Waals surface area contributed by atoms with Crippen molar-refractivity contribution in [3.05, 3.63) is 34.1 Å². The van der Waals surface area contributed by atoms with Crippen molar-refractivity contribution in [2.24, 2.45) is 5.84 Å². The quantitative estimate of drug-likeness (QED) is 0.647. The zero-order valence-corrected chi connectivity index (χ0v) is 10.9. The van der Waals surface area contributed by atoms with Gasteiger partial charge in [-0.2, -0.15) is 0 Å². The minimum absolute atomic E-state index is 0.196. The van der Waals surface area contributed by atoms with E-state index < -0.39 is 0 Å². The molecule has 90 valence electrons. The minimum Gasteiger partial charge on any atom is -0.377 e. The highest BCUT2D eigenvalue weighted by Crippen LogP contribution is 2.24. The molecule has 0 aliphatic carbocycles. The molecular formula is C11H16BrFN2O. The Morgan fingerprint density at radius 3 is 2.81 bits per heavy atom. The first kappa shape index (κ1) is 13.6. The molecule has 1 rings (SSSR count). The van der Waals surface area contributed by atoms with Crippen molar-refractivity contribution in [1.29, 1.82) is 0 Å². The lowest BCUT2D eigenvalue weighted by Gasteiger charge is -2.24. The van der Waals surface area contributed by atoms with Crippen LogP contribution in [-0.4, -0.2) is 12.7 Å². The number of hydrazine groups is 1. The Kier molecular flexibility index (Phi) is 5.34. The number of ether oxygens (including phenoxy) is 1. The Balaban J connectivity index is 2.98. The van der Waals surface area contributed by atoms with Crippen molar-refractivity contribution in [2.45, 2.75) is 26.0 Å². The molecule has 0 heterocycles. The van der Waals surface area contributed by atoms with Crippen molar-refractivity contribution in [1.82, 2.24) is 5.43 Å². The van der Waals surface area contributed by atoms with Crippen LogP contribution < -0.4 is 11.3 Å². The Bertz CT molecular complexity index is 349. The SMILES string of the molecule is CCOC(C)C(NN)c1cc(Br)ccc1F. The van der Waals surface area contributed by atoms with E-state index in [0.29, 0.717) is 12.2 Å². The van der Waals surface area contributed by atoms with Crippen LogP contribution in [0.5, 0.6) is 0 Å². The maximum Gasteiger partial charge on any atom is 0.128 e. The van der Waals surface area contributed by atoms with Crippen molar-refractivity contribution >= 4 is 15.9 Å². The van der Waals surface area contributed by atoms with Crippen LogP contribution in [0.15, 0.2) is 22.7 Å². The van der Waals surface area contributed by atoms with Gasteiger partial charge in [-0.1, -0.05) is 15.9 Å². The molecule has 2 atom stereocenters. The molecule has 0 aliphatic heterocycles. The summed E-state index contributed by atoms with van der Waals surface area (Å²) < 4.78 is 19.9. The molecule has 0 spiro atoms. The summed E-state index contributed by atoms with van der Waals surface area (Å²) in [4.78, 5) is 0. The van der Waals surface area contributed by atoms with Crippen LogP contribution in [-0.2, 0) is 4.74 Å². The van der Waals surface area contributed by atoms with Crippen LogP contribution in [0.4, 0.5) is 4.39 Å². The molecule has 0 saturated carbocycles. The fraction of sp³-hybridized carbons (Fsp3) is 0.455. The molecule has 16 heavy (non-hydrogen) atoms. The first-order valence-corrected chi connectivity index (χ1v) is 5.92. The number of nitrogens with two attached hydrogens (primary N) is 1. The fourth-order valence-electron chi connectivity index (χ4n) is 1.59. The van der Waals surface area contributed by atoms with E-state index in [0.717, 1.165) is 4.47 Å². The molecule has 0 aliphatic rings. The van der Waals surface area contributed by atoms with Gasteiger partial charge in [0, 0.05) is 16.6 Å². The van der Waals surface area contributed by atoms with Gasteiger partial charge in [-0.15, -0.1) is 0 Å². The Morgan fingerprint density at radius 1 is 1.56 bits per heavy atom. The third kappa shape index (κ3) is 3.25. The maximum absolute atomic E-state index is 13.6. The highest BCUT2D eigenvalue weighted by Gasteiger charge is 2.21. The van der Waals surface area contributed by atoms with E-state index >= 15 is 0 Å². The topological polar surface area (TPSA) is 47.3 Å². The normalized spacial score (nSPS) is 14.8. The summed E-state index contributed by atoms with van der Waals surface area (Å²) in [5.74, 6) is 5.15. The summed E-state index contributed by atoms with van der Waals surface area (Å²) in [6.45, 7) is 4.31. The smallest absolute Gasteiger partial charge is 0.128 e. The molecule has 2 unspecified atom stereocenters. The average Bonchev–Trinajstić information content (AvgIpc) is 2.24. The molecule has 0 radical (unpaired) electrons. The number of hydrogen-bond donors (Lipinski definition) is 2. The standard InChI is InChI=1S/C11H16BrFN2O/c1-3-16-7(2)11(15-14)9-6-8(12)4-5-10(9)13/h4-7,11,15H,3,14H2,1-2H3. The van der Waals surface area contributed by atoms with Gasteiger partial charge in [0.05, 0.1) is 12.1 Å². The van der Waals surface area contributed by atoms with Gasteiger partial charge < -0.3 is 4.74 Å². The Labute approximate surface area is 103 Å². The van der Waals surface area contributed by atoms with Gasteiger partial charge in [-0.3, -0.25) is 11.3 Å². The summed E-state index contributed by atoms with van der Waals surface area (Å²) in [7, 11) is 0. The second kappa shape index (κ2) is 6.30. The third-order valence-corrected chi connectivity index (χ3v) is 2.86. The van der Waals surface area contributed by atoms with E-state index in [2.05, 4.69) is 21.4 Å². The average molecular weight is 291 g/mol. The molecule has 1 aromatic carbocycles. The van der Waals surface area contributed by atoms with E-state index in [4.69, 9.17) is 10.6 Å².